The summed E-state index contributed by atoms with van der Waals surface area (Å²) in [6.45, 7) is 7.13. The van der Waals surface area contributed by atoms with Crippen molar-refractivity contribution < 1.29 is 0 Å². The van der Waals surface area contributed by atoms with Crippen LogP contribution in [0.25, 0.3) is 0 Å². The Labute approximate surface area is 104 Å². The number of nitrogens with two attached hydrogens (primary N) is 1. The summed E-state index contributed by atoms with van der Waals surface area (Å²) in [5.41, 5.74) is 8.61. The molecule has 1 aliphatic heterocycles. The summed E-state index contributed by atoms with van der Waals surface area (Å²) in [5, 5.41) is 3.40. The first-order valence-corrected chi connectivity index (χ1v) is 6.56. The summed E-state index contributed by atoms with van der Waals surface area (Å²) in [4.78, 5) is 2.48. The van der Waals surface area contributed by atoms with Crippen LogP contribution >= 0.6 is 0 Å². The van der Waals surface area contributed by atoms with Gasteiger partial charge in [-0.25, -0.2) is 0 Å². The maximum absolute atomic E-state index is 5.81. The lowest BCUT2D eigenvalue weighted by molar-refractivity contribution is 0.158. The third-order valence-corrected chi connectivity index (χ3v) is 3.56. The molecular weight excluding hydrogens is 210 g/mol. The van der Waals surface area contributed by atoms with E-state index in [-0.39, 0.29) is 0 Å². The summed E-state index contributed by atoms with van der Waals surface area (Å²) in [6, 6.07) is 9.43. The predicted octanol–water partition coefficient (Wildman–Crippen LogP) is 0.982. The normalized spacial score (nSPS) is 21.6. The lowest BCUT2D eigenvalue weighted by Gasteiger charge is -2.35. The summed E-state index contributed by atoms with van der Waals surface area (Å²) in [6.07, 6.45) is 1.11. The lowest BCUT2D eigenvalue weighted by atomic mass is 10.1. The Kier molecular flexibility index (Phi) is 4.54. The summed E-state index contributed by atoms with van der Waals surface area (Å²) >= 11 is 0. The minimum Gasteiger partial charge on any atom is -0.329 e. The van der Waals surface area contributed by atoms with Gasteiger partial charge in [-0.05, 0) is 17.5 Å². The third-order valence-electron chi connectivity index (χ3n) is 3.56. The summed E-state index contributed by atoms with van der Waals surface area (Å²) < 4.78 is 0. The van der Waals surface area contributed by atoms with Crippen molar-refractivity contribution in [1.82, 2.24) is 10.2 Å². The van der Waals surface area contributed by atoms with Crippen molar-refractivity contribution >= 4 is 0 Å². The Morgan fingerprint density at radius 3 is 2.65 bits per heavy atom. The zero-order valence-electron chi connectivity index (χ0n) is 10.7. The van der Waals surface area contributed by atoms with E-state index in [0.717, 1.165) is 39.1 Å². The molecule has 1 aromatic rings. The van der Waals surface area contributed by atoms with Crippen molar-refractivity contribution in [3.63, 3.8) is 0 Å². The largest absolute Gasteiger partial charge is 0.329 e. The number of hydrogen-bond acceptors (Lipinski definition) is 3. The molecule has 94 valence electrons. The molecule has 1 unspecified atom stereocenters. The summed E-state index contributed by atoms with van der Waals surface area (Å²) in [5.74, 6) is 0. The third kappa shape index (κ3) is 3.28. The Morgan fingerprint density at radius 2 is 2.00 bits per heavy atom. The monoisotopic (exact) mass is 233 g/mol. The highest BCUT2D eigenvalue weighted by Crippen LogP contribution is 2.11. The number of piperazine rings is 1. The first kappa shape index (κ1) is 12.6. The molecule has 2 rings (SSSR count). The average molecular weight is 233 g/mol. The fourth-order valence-electron chi connectivity index (χ4n) is 2.36. The van der Waals surface area contributed by atoms with Gasteiger partial charge in [0.25, 0.3) is 0 Å². The van der Waals surface area contributed by atoms with Crippen molar-refractivity contribution in [2.45, 2.75) is 25.9 Å². The second-order valence-corrected chi connectivity index (χ2v) is 4.73. The van der Waals surface area contributed by atoms with E-state index in [0.29, 0.717) is 6.04 Å². The minimum absolute atomic E-state index is 0.481. The molecule has 1 atom stereocenters. The quantitative estimate of drug-likeness (QED) is 0.814. The van der Waals surface area contributed by atoms with Gasteiger partial charge in [0.2, 0.25) is 0 Å². The van der Waals surface area contributed by atoms with Gasteiger partial charge >= 0.3 is 0 Å². The second kappa shape index (κ2) is 6.15. The predicted molar refractivity (Wildman–Crippen MR) is 71.9 cm³/mol. The number of rotatable bonds is 4. The lowest BCUT2D eigenvalue weighted by Crippen LogP contribution is -2.53. The highest BCUT2D eigenvalue weighted by Gasteiger charge is 2.20. The van der Waals surface area contributed by atoms with Gasteiger partial charge in [-0.1, -0.05) is 31.2 Å². The van der Waals surface area contributed by atoms with Crippen LogP contribution < -0.4 is 11.1 Å². The van der Waals surface area contributed by atoms with Gasteiger partial charge < -0.3 is 11.1 Å². The fourth-order valence-corrected chi connectivity index (χ4v) is 2.36. The van der Waals surface area contributed by atoms with Crippen LogP contribution in [0.5, 0.6) is 0 Å². The standard InChI is InChI=1S/C14H23N3/c1-2-12-3-5-13(6-4-12)11-17-8-7-16-10-14(17)9-15/h3-6,14,16H,2,7-11,15H2,1H3. The van der Waals surface area contributed by atoms with Crippen LogP contribution in [0.1, 0.15) is 18.1 Å². The van der Waals surface area contributed by atoms with Crippen LogP contribution in [-0.2, 0) is 13.0 Å². The molecule has 0 aliphatic carbocycles. The molecule has 0 spiro atoms. The Hall–Kier alpha value is -0.900. The highest BCUT2D eigenvalue weighted by molar-refractivity contribution is 5.22. The molecule has 3 N–H and O–H groups in total. The van der Waals surface area contributed by atoms with Crippen LogP contribution in [-0.4, -0.2) is 37.1 Å². The van der Waals surface area contributed by atoms with Gasteiger partial charge in [0.15, 0.2) is 0 Å². The Balaban J connectivity index is 1.98. The zero-order valence-corrected chi connectivity index (χ0v) is 10.7. The maximum Gasteiger partial charge on any atom is 0.0347 e. The van der Waals surface area contributed by atoms with Crippen molar-refractivity contribution in [3.05, 3.63) is 35.4 Å². The van der Waals surface area contributed by atoms with Gasteiger partial charge in [-0.15, -0.1) is 0 Å². The molecule has 1 aliphatic rings. The van der Waals surface area contributed by atoms with Crippen LogP contribution in [0.4, 0.5) is 0 Å². The fraction of sp³-hybridized carbons (Fsp3) is 0.571. The Morgan fingerprint density at radius 1 is 1.29 bits per heavy atom. The number of nitrogens with one attached hydrogen (secondary N) is 1. The van der Waals surface area contributed by atoms with E-state index < -0.39 is 0 Å². The van der Waals surface area contributed by atoms with Gasteiger partial charge in [0, 0.05) is 38.8 Å². The molecule has 3 nitrogen and oxygen atoms in total. The van der Waals surface area contributed by atoms with Gasteiger partial charge in [0.1, 0.15) is 0 Å². The van der Waals surface area contributed by atoms with Crippen LogP contribution in [0.3, 0.4) is 0 Å². The van der Waals surface area contributed by atoms with E-state index >= 15 is 0 Å². The van der Waals surface area contributed by atoms with E-state index in [1.807, 2.05) is 0 Å². The average Bonchev–Trinajstić information content (AvgIpc) is 2.40. The van der Waals surface area contributed by atoms with E-state index in [2.05, 4.69) is 41.4 Å². The SMILES string of the molecule is CCc1ccc(CN2CCNCC2CN)cc1. The van der Waals surface area contributed by atoms with Crippen molar-refractivity contribution in [3.8, 4) is 0 Å². The molecule has 1 fully saturated rings. The molecule has 1 heterocycles. The molecule has 1 aromatic carbocycles. The minimum atomic E-state index is 0.481. The molecule has 0 saturated carbocycles. The van der Waals surface area contributed by atoms with E-state index in [4.69, 9.17) is 5.73 Å². The van der Waals surface area contributed by atoms with E-state index in [9.17, 15) is 0 Å². The van der Waals surface area contributed by atoms with E-state index in [1.54, 1.807) is 0 Å². The topological polar surface area (TPSA) is 41.3 Å². The van der Waals surface area contributed by atoms with Crippen molar-refractivity contribution in [2.75, 3.05) is 26.2 Å². The van der Waals surface area contributed by atoms with Crippen molar-refractivity contribution in [2.24, 2.45) is 5.73 Å². The van der Waals surface area contributed by atoms with Gasteiger partial charge in [-0.3, -0.25) is 4.90 Å². The smallest absolute Gasteiger partial charge is 0.0347 e. The Bertz CT molecular complexity index is 334. The number of hydrogen-bond donors (Lipinski definition) is 2. The van der Waals surface area contributed by atoms with Crippen molar-refractivity contribution in [1.29, 1.82) is 0 Å². The van der Waals surface area contributed by atoms with Gasteiger partial charge in [0.05, 0.1) is 0 Å². The number of aryl methyl sites for hydroxylation is 1. The molecule has 0 bridgehead atoms. The molecule has 17 heavy (non-hydrogen) atoms. The number of nitrogens with zero attached hydrogens (tertiary/aromatic N) is 1. The second-order valence-electron chi connectivity index (χ2n) is 4.73. The zero-order chi connectivity index (χ0) is 12.1. The van der Waals surface area contributed by atoms with Crippen LogP contribution in [0.2, 0.25) is 0 Å². The molecule has 0 amide bonds. The molecule has 3 heteroatoms. The molecule has 1 saturated heterocycles. The summed E-state index contributed by atoms with van der Waals surface area (Å²) in [7, 11) is 0. The van der Waals surface area contributed by atoms with Crippen LogP contribution in [0.15, 0.2) is 24.3 Å². The molecular formula is C14H23N3. The first-order chi connectivity index (χ1) is 8.33. The van der Waals surface area contributed by atoms with E-state index in [1.165, 1.54) is 11.1 Å². The van der Waals surface area contributed by atoms with Crippen LogP contribution in [0, 0.1) is 0 Å². The molecule has 0 radical (unpaired) electrons. The molecule has 0 aromatic heterocycles. The first-order valence-electron chi connectivity index (χ1n) is 6.56. The number of benzene rings is 1. The highest BCUT2D eigenvalue weighted by atomic mass is 15.2. The van der Waals surface area contributed by atoms with Gasteiger partial charge in [-0.2, -0.15) is 0 Å². The maximum atomic E-state index is 5.81.